The first-order valence-electron chi connectivity index (χ1n) is 6.36. The summed E-state index contributed by atoms with van der Waals surface area (Å²) in [5.41, 5.74) is 0. The zero-order valence-electron chi connectivity index (χ0n) is 11.2. The Bertz CT molecular complexity index is 96.7. The fourth-order valence-corrected chi connectivity index (χ4v) is 1.73. The van der Waals surface area contributed by atoms with E-state index in [1.165, 1.54) is 58.2 Å². The molecule has 0 heterocycles. The maximum Gasteiger partial charge on any atom is 1.00 e. The van der Waals surface area contributed by atoms with Gasteiger partial charge in [-0.3, -0.25) is 0 Å². The molecule has 0 spiro atoms. The molecule has 15 heavy (non-hydrogen) atoms. The van der Waals surface area contributed by atoms with Gasteiger partial charge < -0.3 is 11.8 Å². The fourth-order valence-electron chi connectivity index (χ4n) is 1.73. The van der Waals surface area contributed by atoms with Gasteiger partial charge in [0.2, 0.25) is 0 Å². The summed E-state index contributed by atoms with van der Waals surface area (Å²) in [4.78, 5) is 2.58. The Morgan fingerprint density at radius 1 is 0.800 bits per heavy atom. The minimum absolute atomic E-state index is 0. The number of rotatable bonds is 10. The van der Waals surface area contributed by atoms with Gasteiger partial charge in [-0.15, -0.1) is 0 Å². The van der Waals surface area contributed by atoms with Crippen molar-refractivity contribution in [2.45, 2.75) is 58.8 Å². The third-order valence-electron chi connectivity index (χ3n) is 2.63. The molecule has 0 aromatic heterocycles. The van der Waals surface area contributed by atoms with Crippen molar-refractivity contribution in [3.05, 3.63) is 6.92 Å². The molecule has 0 unspecified atom stereocenters. The summed E-state index contributed by atoms with van der Waals surface area (Å²) >= 11 is 0. The van der Waals surface area contributed by atoms with Crippen LogP contribution in [0.4, 0.5) is 0 Å². The van der Waals surface area contributed by atoms with Crippen LogP contribution in [-0.2, 0) is 0 Å². The molecule has 0 fully saturated rings. The molecule has 0 amide bonds. The van der Waals surface area contributed by atoms with Crippen LogP contribution >= 0.6 is 0 Å². The summed E-state index contributed by atoms with van der Waals surface area (Å²) < 4.78 is 0. The summed E-state index contributed by atoms with van der Waals surface area (Å²) in [6.07, 6.45) is 9.19. The molecular weight excluding hydrogens is 177 g/mol. The van der Waals surface area contributed by atoms with Crippen LogP contribution in [0, 0.1) is 6.92 Å². The Morgan fingerprint density at radius 3 is 1.60 bits per heavy atom. The van der Waals surface area contributed by atoms with Crippen molar-refractivity contribution in [2.75, 3.05) is 19.6 Å². The van der Waals surface area contributed by atoms with E-state index >= 15 is 0 Å². The second kappa shape index (κ2) is 14.6. The monoisotopic (exact) mass is 205 g/mol. The smallest absolute Gasteiger partial charge is 0.342 e. The Hall–Kier alpha value is 0.557. The normalized spacial score (nSPS) is 10.4. The van der Waals surface area contributed by atoms with Crippen LogP contribution in [-0.4, -0.2) is 24.5 Å². The first-order valence-corrected chi connectivity index (χ1v) is 6.36. The van der Waals surface area contributed by atoms with Gasteiger partial charge in [0.15, 0.2) is 0 Å². The molecule has 0 saturated carbocycles. The molecule has 0 aliphatic rings. The van der Waals surface area contributed by atoms with E-state index in [4.69, 9.17) is 0 Å². The topological polar surface area (TPSA) is 3.24 Å². The predicted molar refractivity (Wildman–Crippen MR) is 65.5 cm³/mol. The fraction of sp³-hybridized carbons (Fsp3) is 0.923. The second-order valence-corrected chi connectivity index (χ2v) is 4.11. The van der Waals surface area contributed by atoms with Crippen molar-refractivity contribution in [1.29, 1.82) is 0 Å². The van der Waals surface area contributed by atoms with E-state index in [-0.39, 0.29) is 18.9 Å². The quantitative estimate of drug-likeness (QED) is 0.291. The van der Waals surface area contributed by atoms with Crippen molar-refractivity contribution in [2.24, 2.45) is 0 Å². The minimum Gasteiger partial charge on any atom is -0.342 e. The summed E-state index contributed by atoms with van der Waals surface area (Å²) in [5.74, 6) is 0. The van der Waals surface area contributed by atoms with E-state index in [9.17, 15) is 0 Å². The molecule has 0 aliphatic carbocycles. The predicted octanol–water partition coefficient (Wildman–Crippen LogP) is 0.897. The van der Waals surface area contributed by atoms with Gasteiger partial charge in [-0.1, -0.05) is 39.5 Å². The zero-order valence-corrected chi connectivity index (χ0v) is 11.2. The Labute approximate surface area is 109 Å². The van der Waals surface area contributed by atoms with Crippen molar-refractivity contribution in [1.82, 2.24) is 4.90 Å². The maximum atomic E-state index is 3.94. The number of nitrogens with zero attached hydrogens (tertiary/aromatic N) is 1. The molecule has 0 aromatic carbocycles. The summed E-state index contributed by atoms with van der Waals surface area (Å²) in [6.45, 7) is 12.2. The molecule has 0 bridgehead atoms. The summed E-state index contributed by atoms with van der Waals surface area (Å²) in [7, 11) is 0. The van der Waals surface area contributed by atoms with E-state index in [1.807, 2.05) is 0 Å². The van der Waals surface area contributed by atoms with Crippen LogP contribution in [0.5, 0.6) is 0 Å². The van der Waals surface area contributed by atoms with E-state index in [2.05, 4.69) is 25.7 Å². The van der Waals surface area contributed by atoms with Crippen molar-refractivity contribution < 1.29 is 18.9 Å². The van der Waals surface area contributed by atoms with Crippen LogP contribution in [0.1, 0.15) is 58.8 Å². The van der Waals surface area contributed by atoms with Gasteiger partial charge in [0.1, 0.15) is 0 Å². The minimum atomic E-state index is 0. The molecular formula is C13H28LiN. The standard InChI is InChI=1S/C13H28N.Li/c1-4-7-9-12-14(11-6-3)13-10-8-5-2;/h3-13H2,1-2H3;/q-1;+1. The van der Waals surface area contributed by atoms with Crippen LogP contribution in [0.2, 0.25) is 0 Å². The average Bonchev–Trinajstić information content (AvgIpc) is 2.18. The zero-order chi connectivity index (χ0) is 10.6. The van der Waals surface area contributed by atoms with Gasteiger partial charge in [-0.05, 0) is 32.5 Å². The van der Waals surface area contributed by atoms with E-state index in [0.29, 0.717) is 0 Å². The van der Waals surface area contributed by atoms with Crippen LogP contribution in [0.3, 0.4) is 0 Å². The molecule has 0 atom stereocenters. The maximum absolute atomic E-state index is 3.94. The Morgan fingerprint density at radius 2 is 1.27 bits per heavy atom. The third-order valence-corrected chi connectivity index (χ3v) is 2.63. The van der Waals surface area contributed by atoms with Gasteiger partial charge in [-0.2, -0.15) is 6.42 Å². The molecule has 2 heteroatoms. The van der Waals surface area contributed by atoms with Gasteiger partial charge in [-0.25, -0.2) is 0 Å². The number of hydrogen-bond donors (Lipinski definition) is 0. The summed E-state index contributed by atoms with van der Waals surface area (Å²) in [5, 5.41) is 0. The molecule has 0 saturated heterocycles. The van der Waals surface area contributed by atoms with Crippen LogP contribution < -0.4 is 18.9 Å². The van der Waals surface area contributed by atoms with Crippen molar-refractivity contribution in [3.8, 4) is 0 Å². The molecule has 0 rings (SSSR count). The first kappa shape index (κ1) is 17.9. The molecule has 0 N–H and O–H groups in total. The number of unbranched alkanes of at least 4 members (excludes halogenated alkanes) is 4. The van der Waals surface area contributed by atoms with Gasteiger partial charge in [0.05, 0.1) is 0 Å². The first-order chi connectivity index (χ1) is 6.85. The Kier molecular flexibility index (Phi) is 17.4. The van der Waals surface area contributed by atoms with Gasteiger partial charge in [0, 0.05) is 0 Å². The van der Waals surface area contributed by atoms with Crippen molar-refractivity contribution >= 4 is 0 Å². The van der Waals surface area contributed by atoms with Crippen LogP contribution in [0.25, 0.3) is 0 Å². The average molecular weight is 205 g/mol. The number of hydrogen-bond acceptors (Lipinski definition) is 1. The second-order valence-electron chi connectivity index (χ2n) is 4.11. The van der Waals surface area contributed by atoms with E-state index in [0.717, 1.165) is 6.42 Å². The molecule has 1 nitrogen and oxygen atoms in total. The largest absolute Gasteiger partial charge is 1.00 e. The van der Waals surface area contributed by atoms with Gasteiger partial charge >= 0.3 is 18.9 Å². The SMILES string of the molecule is [CH2-]CCN(CCCCC)CCCCC.[Li+]. The van der Waals surface area contributed by atoms with Crippen molar-refractivity contribution in [3.63, 3.8) is 0 Å². The molecule has 86 valence electrons. The van der Waals surface area contributed by atoms with Gasteiger partial charge in [0.25, 0.3) is 0 Å². The third kappa shape index (κ3) is 12.5. The molecule has 0 aliphatic heterocycles. The van der Waals surface area contributed by atoms with E-state index in [1.54, 1.807) is 0 Å². The Balaban J connectivity index is 0. The van der Waals surface area contributed by atoms with E-state index < -0.39 is 0 Å². The molecule has 0 radical (unpaired) electrons. The van der Waals surface area contributed by atoms with Crippen LogP contribution in [0.15, 0.2) is 0 Å². The summed E-state index contributed by atoms with van der Waals surface area (Å²) in [6, 6.07) is 0. The molecule has 0 aromatic rings.